The molecule has 4 rings (SSSR count). The Morgan fingerprint density at radius 1 is 0.923 bits per heavy atom. The number of fused-ring (bicyclic) bond motifs is 5. The molecule has 2 nitrogen and oxygen atoms in total. The van der Waals surface area contributed by atoms with Gasteiger partial charge in [-0.2, -0.15) is 0 Å². The maximum absolute atomic E-state index is 12.1. The molecule has 0 amide bonds. The van der Waals surface area contributed by atoms with Gasteiger partial charge >= 0.3 is 0 Å². The summed E-state index contributed by atoms with van der Waals surface area (Å²) in [6, 6.07) is 0. The highest BCUT2D eigenvalue weighted by atomic mass is 28.4. The van der Waals surface area contributed by atoms with Crippen molar-refractivity contribution in [3.63, 3.8) is 0 Å². The highest BCUT2D eigenvalue weighted by Crippen LogP contribution is 2.68. The Labute approximate surface area is 162 Å². The van der Waals surface area contributed by atoms with Crippen LogP contribution in [0.4, 0.5) is 0 Å². The van der Waals surface area contributed by atoms with Gasteiger partial charge in [0.25, 0.3) is 0 Å². The van der Waals surface area contributed by atoms with Crippen molar-refractivity contribution in [2.24, 2.45) is 34.5 Å². The van der Waals surface area contributed by atoms with E-state index in [1.807, 2.05) is 0 Å². The van der Waals surface area contributed by atoms with Crippen molar-refractivity contribution in [1.29, 1.82) is 0 Å². The smallest absolute Gasteiger partial charge is 0.184 e. The lowest BCUT2D eigenvalue weighted by molar-refractivity contribution is -0.149. The number of carbonyl (C=O) groups is 1. The summed E-state index contributed by atoms with van der Waals surface area (Å²) in [4.78, 5) is 12.1. The molecule has 3 heteroatoms. The number of rotatable bonds is 2. The topological polar surface area (TPSA) is 26.3 Å². The van der Waals surface area contributed by atoms with E-state index in [0.29, 0.717) is 22.5 Å². The van der Waals surface area contributed by atoms with Crippen LogP contribution in [0, 0.1) is 34.5 Å². The lowest BCUT2D eigenvalue weighted by atomic mass is 9.44. The molecule has 0 aliphatic heterocycles. The molecule has 0 aromatic heterocycles. The second kappa shape index (κ2) is 5.92. The fraction of sp³-hybridized carbons (Fsp3) is 0.957. The first-order valence-corrected chi connectivity index (χ1v) is 14.6. The minimum atomic E-state index is -1.55. The summed E-state index contributed by atoms with van der Waals surface area (Å²) in [6.07, 6.45) is 10.8. The zero-order chi connectivity index (χ0) is 19.0. The summed E-state index contributed by atoms with van der Waals surface area (Å²) in [6.45, 7) is 14.6. The van der Waals surface area contributed by atoms with Gasteiger partial charge in [0, 0.05) is 12.8 Å². The Balaban J connectivity index is 1.61. The molecule has 0 aromatic carbocycles. The molecule has 0 bridgehead atoms. The van der Waals surface area contributed by atoms with Gasteiger partial charge in [0.15, 0.2) is 8.32 Å². The van der Waals surface area contributed by atoms with E-state index in [9.17, 15) is 4.79 Å². The fourth-order valence-corrected chi connectivity index (χ4v) is 9.80. The maximum Gasteiger partial charge on any atom is 0.184 e. The zero-order valence-corrected chi connectivity index (χ0v) is 19.0. The van der Waals surface area contributed by atoms with E-state index in [-0.39, 0.29) is 5.60 Å². The molecule has 26 heavy (non-hydrogen) atoms. The first kappa shape index (κ1) is 19.2. The summed E-state index contributed by atoms with van der Waals surface area (Å²) < 4.78 is 6.88. The van der Waals surface area contributed by atoms with Crippen LogP contribution in [0.3, 0.4) is 0 Å². The molecule has 0 N–H and O–H groups in total. The molecule has 148 valence electrons. The van der Waals surface area contributed by atoms with Gasteiger partial charge in [-0.3, -0.25) is 4.79 Å². The first-order valence-electron chi connectivity index (χ1n) is 11.2. The van der Waals surface area contributed by atoms with Gasteiger partial charge in [0.1, 0.15) is 5.78 Å². The molecule has 0 heterocycles. The average molecular weight is 377 g/mol. The van der Waals surface area contributed by atoms with E-state index >= 15 is 0 Å². The van der Waals surface area contributed by atoms with Crippen molar-refractivity contribution < 1.29 is 9.22 Å². The molecule has 4 fully saturated rings. The fourth-order valence-electron chi connectivity index (χ4n) is 8.11. The number of hydrogen-bond acceptors (Lipinski definition) is 2. The van der Waals surface area contributed by atoms with E-state index in [4.69, 9.17) is 4.43 Å². The minimum Gasteiger partial charge on any atom is -0.412 e. The molecular formula is C23H40O2Si. The van der Waals surface area contributed by atoms with E-state index in [1.54, 1.807) is 0 Å². The quantitative estimate of drug-likeness (QED) is 0.536. The summed E-state index contributed by atoms with van der Waals surface area (Å²) in [7, 11) is -1.55. The predicted molar refractivity (Wildman–Crippen MR) is 110 cm³/mol. The van der Waals surface area contributed by atoms with Crippen LogP contribution in [0.15, 0.2) is 0 Å². The minimum absolute atomic E-state index is 0.0768. The summed E-state index contributed by atoms with van der Waals surface area (Å²) in [5.41, 5.74) is 0.853. The van der Waals surface area contributed by atoms with Gasteiger partial charge in [-0.05, 0) is 106 Å². The third-order valence-electron chi connectivity index (χ3n) is 9.54. The monoisotopic (exact) mass is 376 g/mol. The molecule has 4 aliphatic carbocycles. The van der Waals surface area contributed by atoms with Crippen LogP contribution in [-0.2, 0) is 9.22 Å². The van der Waals surface area contributed by atoms with Gasteiger partial charge in [0.05, 0.1) is 5.60 Å². The zero-order valence-electron chi connectivity index (χ0n) is 18.0. The highest BCUT2D eigenvalue weighted by molar-refractivity contribution is 6.69. The van der Waals surface area contributed by atoms with Crippen LogP contribution in [-0.4, -0.2) is 19.7 Å². The lowest BCUT2D eigenvalue weighted by Crippen LogP contribution is -2.57. The first-order chi connectivity index (χ1) is 12.0. The maximum atomic E-state index is 12.1. The summed E-state index contributed by atoms with van der Waals surface area (Å²) in [5, 5.41) is 0. The summed E-state index contributed by atoms with van der Waals surface area (Å²) in [5.74, 6) is 3.75. The van der Waals surface area contributed by atoms with Gasteiger partial charge in [-0.1, -0.05) is 13.8 Å². The van der Waals surface area contributed by atoms with Crippen LogP contribution >= 0.6 is 0 Å². The van der Waals surface area contributed by atoms with Crippen LogP contribution in [0.5, 0.6) is 0 Å². The third-order valence-corrected chi connectivity index (χ3v) is 10.6. The molecule has 4 aliphatic rings. The van der Waals surface area contributed by atoms with Gasteiger partial charge in [-0.25, -0.2) is 0 Å². The Kier molecular flexibility index (Phi) is 4.37. The predicted octanol–water partition coefficient (Wildman–Crippen LogP) is 6.21. The molecule has 5 unspecified atom stereocenters. The molecule has 0 aromatic rings. The lowest BCUT2D eigenvalue weighted by Gasteiger charge is -2.61. The number of Topliss-reactive ketones (excluding diaryl/α,β-unsaturated/α-hetero) is 1. The SMILES string of the molecule is CC12CCC(=O)C[C@H]1CCC1C2CCC2(C)C1CC[C@]2(C)O[Si](C)(C)C. The molecule has 4 saturated carbocycles. The third kappa shape index (κ3) is 2.70. The van der Waals surface area contributed by atoms with Crippen molar-refractivity contribution >= 4 is 14.1 Å². The highest BCUT2D eigenvalue weighted by Gasteiger charge is 2.64. The number of carbonyl (C=O) groups excluding carboxylic acids is 1. The van der Waals surface area contributed by atoms with Crippen LogP contribution in [0.1, 0.15) is 78.6 Å². The molecule has 0 radical (unpaired) electrons. The van der Waals surface area contributed by atoms with E-state index in [2.05, 4.69) is 40.4 Å². The van der Waals surface area contributed by atoms with Crippen molar-refractivity contribution in [2.75, 3.05) is 0 Å². The van der Waals surface area contributed by atoms with Crippen molar-refractivity contribution in [3.8, 4) is 0 Å². The van der Waals surface area contributed by atoms with E-state index in [0.717, 1.165) is 37.0 Å². The number of ketones is 1. The van der Waals surface area contributed by atoms with Gasteiger partial charge in [0.2, 0.25) is 0 Å². The second-order valence-corrected chi connectivity index (χ2v) is 16.3. The van der Waals surface area contributed by atoms with Crippen LogP contribution < -0.4 is 0 Å². The Bertz CT molecular complexity index is 596. The Morgan fingerprint density at radius 3 is 2.31 bits per heavy atom. The molecule has 0 saturated heterocycles. The van der Waals surface area contributed by atoms with Crippen LogP contribution in [0.25, 0.3) is 0 Å². The Morgan fingerprint density at radius 2 is 1.62 bits per heavy atom. The molecule has 0 spiro atoms. The molecular weight excluding hydrogens is 336 g/mol. The van der Waals surface area contributed by atoms with E-state index < -0.39 is 8.32 Å². The second-order valence-electron chi connectivity index (χ2n) is 11.8. The number of hydrogen-bond donors (Lipinski definition) is 0. The van der Waals surface area contributed by atoms with Gasteiger partial charge in [-0.15, -0.1) is 0 Å². The van der Waals surface area contributed by atoms with Crippen molar-refractivity contribution in [3.05, 3.63) is 0 Å². The Hall–Kier alpha value is -0.153. The van der Waals surface area contributed by atoms with Crippen molar-refractivity contribution in [2.45, 2.75) is 104 Å². The average Bonchev–Trinajstić information content (AvgIpc) is 2.77. The largest absolute Gasteiger partial charge is 0.412 e. The normalized spacial score (nSPS) is 51.5. The standard InChI is InChI=1S/C23H40O2Si/c1-21-12-9-17(24)15-16(21)7-8-18-19(21)10-13-22(2)20(18)11-14-23(22,3)25-26(4,5)6/h16,18-20H,7-15H2,1-6H3/t16-,18?,19?,20?,21?,22?,23+/m1/s1. The molecule has 7 atom stereocenters. The van der Waals surface area contributed by atoms with Gasteiger partial charge < -0.3 is 4.43 Å². The van der Waals surface area contributed by atoms with Crippen molar-refractivity contribution in [1.82, 2.24) is 0 Å². The van der Waals surface area contributed by atoms with E-state index in [1.165, 1.54) is 38.5 Å². The summed E-state index contributed by atoms with van der Waals surface area (Å²) >= 11 is 0. The van der Waals surface area contributed by atoms with Crippen LogP contribution in [0.2, 0.25) is 19.6 Å².